The van der Waals surface area contributed by atoms with Crippen LogP contribution in [-0.4, -0.2) is 126 Å². The number of pyridine rings is 2. The van der Waals surface area contributed by atoms with E-state index in [0.29, 0.717) is 66.4 Å². The zero-order valence-electron chi connectivity index (χ0n) is 34.0. The number of amides is 6. The van der Waals surface area contributed by atoms with Crippen molar-refractivity contribution in [1.29, 1.82) is 5.26 Å². The largest absolute Gasteiger partial charge is 0.478 e. The van der Waals surface area contributed by atoms with Crippen molar-refractivity contribution < 1.29 is 28.7 Å². The van der Waals surface area contributed by atoms with E-state index in [0.717, 1.165) is 73.6 Å². The van der Waals surface area contributed by atoms with E-state index in [1.54, 1.807) is 42.4 Å². The summed E-state index contributed by atoms with van der Waals surface area (Å²) in [6.45, 7) is 10.5. The van der Waals surface area contributed by atoms with Crippen molar-refractivity contribution in [3.8, 4) is 11.9 Å². The topological polar surface area (TPSA) is 184 Å². The maximum absolute atomic E-state index is 13.4. The number of aromatic nitrogens is 2. The van der Waals surface area contributed by atoms with Gasteiger partial charge in [0.2, 0.25) is 24.1 Å². The molecule has 0 radical (unpaired) electrons. The number of carbonyl (C=O) groups excluding carboxylic acids is 5. The van der Waals surface area contributed by atoms with Crippen LogP contribution in [0.1, 0.15) is 60.5 Å². The Balaban J connectivity index is 0.792. The summed E-state index contributed by atoms with van der Waals surface area (Å²) >= 11 is 0. The van der Waals surface area contributed by atoms with Crippen molar-refractivity contribution in [1.82, 2.24) is 30.0 Å². The summed E-state index contributed by atoms with van der Waals surface area (Å²) in [7, 11) is 0. The van der Waals surface area contributed by atoms with Crippen LogP contribution < -0.4 is 25.2 Å². The van der Waals surface area contributed by atoms with E-state index in [1.807, 2.05) is 36.4 Å². The number of benzene rings is 2. The number of anilines is 3. The first-order chi connectivity index (χ1) is 29.1. The maximum Gasteiger partial charge on any atom is 0.322 e. The standard InChI is InChI=1S/C44H50N10O6/c1-30-8-11-34(25-36(30)43(58)54(29-55)38-13-14-39(56)49-42(38)57)51-20-18-50(19-21-51)17-4-3-5-24-60-40-15-10-33(27-47-40)48-44(59)52-22-23-53(31(2)28-52)37-12-9-32(26-45)41-35(37)7-6-16-46-41/h6-12,15-16,25,27,29,31,38H,3-5,13-14,17-24,28H2,1-2H3,(H,48,59)(H,49,56,57). The minimum atomic E-state index is -1.01. The molecule has 2 aromatic heterocycles. The summed E-state index contributed by atoms with van der Waals surface area (Å²) < 4.78 is 5.89. The van der Waals surface area contributed by atoms with E-state index in [1.165, 1.54) is 0 Å². The molecule has 0 saturated carbocycles. The van der Waals surface area contributed by atoms with Crippen molar-refractivity contribution in [2.75, 3.05) is 74.1 Å². The SMILES string of the molecule is Cc1ccc(N2CCN(CCCCCOc3ccc(NC(=O)N4CCN(c5ccc(C#N)c6ncccc56)C(C)C4)cn3)CC2)cc1C(=O)N(C=O)C1CCC(=O)NC1=O. The number of ether oxygens (including phenoxy) is 1. The molecule has 3 aliphatic heterocycles. The Morgan fingerprint density at radius 1 is 1.02 bits per heavy atom. The van der Waals surface area contributed by atoms with Gasteiger partial charge in [-0.1, -0.05) is 6.07 Å². The van der Waals surface area contributed by atoms with Gasteiger partial charge in [-0.3, -0.25) is 39.3 Å². The maximum atomic E-state index is 13.4. The zero-order chi connectivity index (χ0) is 42.2. The second-order valence-corrected chi connectivity index (χ2v) is 15.5. The van der Waals surface area contributed by atoms with Gasteiger partial charge in [0.05, 0.1) is 29.6 Å². The molecule has 0 aliphatic carbocycles. The lowest BCUT2D eigenvalue weighted by Crippen LogP contribution is -2.54. The van der Waals surface area contributed by atoms with Gasteiger partial charge in [-0.2, -0.15) is 5.26 Å². The molecular formula is C44H50N10O6. The number of nitriles is 1. The molecule has 0 bridgehead atoms. The first-order valence-corrected chi connectivity index (χ1v) is 20.5. The summed E-state index contributed by atoms with van der Waals surface area (Å²) in [4.78, 5) is 81.0. The Hall–Kier alpha value is -6.60. The number of nitrogens with one attached hydrogen (secondary N) is 2. The van der Waals surface area contributed by atoms with E-state index in [2.05, 4.69) is 48.3 Å². The summed E-state index contributed by atoms with van der Waals surface area (Å²) in [5.41, 5.74) is 4.77. The van der Waals surface area contributed by atoms with E-state index in [9.17, 15) is 29.2 Å². The number of hydrogen-bond donors (Lipinski definition) is 2. The van der Waals surface area contributed by atoms with E-state index >= 15 is 0 Å². The predicted molar refractivity (Wildman–Crippen MR) is 226 cm³/mol. The molecule has 5 heterocycles. The molecule has 0 spiro atoms. The van der Waals surface area contributed by atoms with Gasteiger partial charge in [-0.05, 0) is 94.1 Å². The number of imide groups is 2. The monoisotopic (exact) mass is 814 g/mol. The van der Waals surface area contributed by atoms with Crippen LogP contribution in [-0.2, 0) is 14.4 Å². The number of carbonyl (C=O) groups is 5. The van der Waals surface area contributed by atoms with Crippen molar-refractivity contribution in [3.05, 3.63) is 83.7 Å². The third kappa shape index (κ3) is 9.47. The van der Waals surface area contributed by atoms with E-state index < -0.39 is 23.8 Å². The van der Waals surface area contributed by atoms with Crippen LogP contribution >= 0.6 is 0 Å². The molecule has 3 fully saturated rings. The first-order valence-electron chi connectivity index (χ1n) is 20.5. The number of hydrogen-bond acceptors (Lipinski definition) is 12. The molecule has 7 rings (SSSR count). The number of fused-ring (bicyclic) bond motifs is 1. The summed E-state index contributed by atoms with van der Waals surface area (Å²) in [6.07, 6.45) is 6.78. The van der Waals surface area contributed by atoms with Crippen LogP contribution in [0.25, 0.3) is 10.9 Å². The van der Waals surface area contributed by atoms with Crippen molar-refractivity contribution in [3.63, 3.8) is 0 Å². The van der Waals surface area contributed by atoms with Crippen molar-refractivity contribution in [2.45, 2.75) is 58.0 Å². The van der Waals surface area contributed by atoms with Gasteiger partial charge in [0.25, 0.3) is 5.91 Å². The van der Waals surface area contributed by atoms with Crippen LogP contribution in [0.2, 0.25) is 0 Å². The van der Waals surface area contributed by atoms with Gasteiger partial charge in [0, 0.05) is 92.9 Å². The molecule has 60 heavy (non-hydrogen) atoms. The Morgan fingerprint density at radius 3 is 2.58 bits per heavy atom. The molecule has 16 heteroatoms. The molecule has 2 aromatic carbocycles. The number of aryl methyl sites for hydroxylation is 1. The highest BCUT2D eigenvalue weighted by Crippen LogP contribution is 2.31. The zero-order valence-corrected chi connectivity index (χ0v) is 34.0. The Kier molecular flexibility index (Phi) is 13.1. The fourth-order valence-corrected chi connectivity index (χ4v) is 8.15. The second-order valence-electron chi connectivity index (χ2n) is 15.5. The number of urea groups is 1. The number of rotatable bonds is 13. The normalized spacial score (nSPS) is 18.4. The average molecular weight is 815 g/mol. The number of unbranched alkanes of at least 4 members (excludes halogenated alkanes) is 2. The van der Waals surface area contributed by atoms with Gasteiger partial charge < -0.3 is 24.8 Å². The minimum absolute atomic E-state index is 0.0538. The van der Waals surface area contributed by atoms with Gasteiger partial charge in [-0.25, -0.2) is 9.78 Å². The smallest absolute Gasteiger partial charge is 0.322 e. The van der Waals surface area contributed by atoms with Gasteiger partial charge in [-0.15, -0.1) is 0 Å². The number of nitrogens with zero attached hydrogens (tertiary/aromatic N) is 8. The van der Waals surface area contributed by atoms with Crippen molar-refractivity contribution >= 4 is 58.1 Å². The molecule has 16 nitrogen and oxygen atoms in total. The highest BCUT2D eigenvalue weighted by atomic mass is 16.5. The predicted octanol–water partition coefficient (Wildman–Crippen LogP) is 4.33. The molecule has 3 saturated heterocycles. The molecule has 2 unspecified atom stereocenters. The first kappa shape index (κ1) is 41.6. The third-order valence-electron chi connectivity index (χ3n) is 11.5. The fraction of sp³-hybridized carbons (Fsp3) is 0.409. The van der Waals surface area contributed by atoms with Gasteiger partial charge >= 0.3 is 6.03 Å². The lowest BCUT2D eigenvalue weighted by Gasteiger charge is -2.41. The van der Waals surface area contributed by atoms with Crippen LogP contribution in [0.3, 0.4) is 0 Å². The number of piperidine rings is 1. The summed E-state index contributed by atoms with van der Waals surface area (Å²) in [5, 5.41) is 15.6. The third-order valence-corrected chi connectivity index (χ3v) is 11.5. The Bertz CT molecular complexity index is 2270. The van der Waals surface area contributed by atoms with E-state index in [-0.39, 0.29) is 24.9 Å². The number of piperazine rings is 2. The molecular weight excluding hydrogens is 765 g/mol. The van der Waals surface area contributed by atoms with Crippen LogP contribution in [0.5, 0.6) is 5.88 Å². The van der Waals surface area contributed by atoms with Crippen LogP contribution in [0.15, 0.2) is 67.0 Å². The van der Waals surface area contributed by atoms with Gasteiger partial charge in [0.15, 0.2) is 0 Å². The highest BCUT2D eigenvalue weighted by molar-refractivity contribution is 6.08. The molecule has 2 atom stereocenters. The second kappa shape index (κ2) is 19.0. The fourth-order valence-electron chi connectivity index (χ4n) is 8.15. The summed E-state index contributed by atoms with van der Waals surface area (Å²) in [6, 6.07) is 17.9. The lowest BCUT2D eigenvalue weighted by molar-refractivity contribution is -0.139. The summed E-state index contributed by atoms with van der Waals surface area (Å²) in [5.74, 6) is -1.09. The molecule has 2 N–H and O–H groups in total. The quantitative estimate of drug-likeness (QED) is 0.111. The molecule has 4 aromatic rings. The van der Waals surface area contributed by atoms with Crippen LogP contribution in [0, 0.1) is 18.3 Å². The lowest BCUT2D eigenvalue weighted by atomic mass is 10.0. The molecule has 312 valence electrons. The van der Waals surface area contributed by atoms with E-state index in [4.69, 9.17) is 4.74 Å². The highest BCUT2D eigenvalue weighted by Gasteiger charge is 2.35. The molecule has 3 aliphatic rings. The Morgan fingerprint density at radius 2 is 1.85 bits per heavy atom. The van der Waals surface area contributed by atoms with Crippen molar-refractivity contribution in [2.24, 2.45) is 0 Å². The average Bonchev–Trinajstić information content (AvgIpc) is 3.26. The Labute approximate surface area is 349 Å². The van der Waals surface area contributed by atoms with Gasteiger partial charge in [0.1, 0.15) is 12.1 Å². The minimum Gasteiger partial charge on any atom is -0.478 e. The molecule has 6 amide bonds. The van der Waals surface area contributed by atoms with Crippen LogP contribution in [0.4, 0.5) is 21.9 Å².